The average molecular weight is 417 g/mol. The Kier molecular flexibility index (Phi) is 6.74. The molecule has 2 N–H and O–H groups in total. The number of benzene rings is 2. The quantitative estimate of drug-likeness (QED) is 0.748. The van der Waals surface area contributed by atoms with Crippen molar-refractivity contribution in [3.05, 3.63) is 52.5 Å². The van der Waals surface area contributed by atoms with E-state index < -0.39 is 24.5 Å². The van der Waals surface area contributed by atoms with Crippen molar-refractivity contribution in [3.8, 4) is 11.5 Å². The molecule has 0 spiro atoms. The first-order valence-corrected chi connectivity index (χ1v) is 8.20. The second-order valence-electron chi connectivity index (χ2n) is 5.52. The lowest BCUT2D eigenvalue weighted by Crippen LogP contribution is -2.33. The molecule has 0 aliphatic carbocycles. The van der Waals surface area contributed by atoms with Crippen molar-refractivity contribution in [2.45, 2.75) is 6.18 Å². The molecule has 0 saturated heterocycles. The van der Waals surface area contributed by atoms with E-state index in [-0.39, 0.29) is 27.6 Å². The Morgan fingerprint density at radius 3 is 2.18 bits per heavy atom. The zero-order chi connectivity index (χ0) is 20.9. The van der Waals surface area contributed by atoms with Gasteiger partial charge in [0.1, 0.15) is 6.54 Å². The van der Waals surface area contributed by atoms with Crippen LogP contribution < -0.4 is 20.1 Å². The Hall–Kier alpha value is -2.94. The molecule has 10 heteroatoms. The number of rotatable bonds is 6. The summed E-state index contributed by atoms with van der Waals surface area (Å²) >= 11 is 6.07. The van der Waals surface area contributed by atoms with E-state index in [0.717, 1.165) is 0 Å². The van der Waals surface area contributed by atoms with Crippen molar-refractivity contribution < 1.29 is 32.2 Å². The van der Waals surface area contributed by atoms with Gasteiger partial charge in [0.15, 0.2) is 11.5 Å². The maximum absolute atomic E-state index is 12.4. The minimum Gasteiger partial charge on any atom is -0.493 e. The van der Waals surface area contributed by atoms with Crippen molar-refractivity contribution in [2.75, 3.05) is 26.1 Å². The lowest BCUT2D eigenvalue weighted by atomic mass is 10.1. The van der Waals surface area contributed by atoms with Crippen LogP contribution in [0.1, 0.15) is 20.7 Å². The van der Waals surface area contributed by atoms with Gasteiger partial charge in [-0.1, -0.05) is 11.6 Å². The van der Waals surface area contributed by atoms with Crippen LogP contribution in [0.3, 0.4) is 0 Å². The molecular weight excluding hydrogens is 401 g/mol. The molecule has 0 unspecified atom stereocenters. The lowest BCUT2D eigenvalue weighted by molar-refractivity contribution is -0.123. The average Bonchev–Trinajstić information content (AvgIpc) is 2.65. The maximum atomic E-state index is 12.4. The molecule has 6 nitrogen and oxygen atoms in total. The fraction of sp³-hybridized carbons (Fsp3) is 0.222. The Morgan fingerprint density at radius 1 is 1.00 bits per heavy atom. The summed E-state index contributed by atoms with van der Waals surface area (Å²) in [6.45, 7) is -1.43. The third kappa shape index (κ3) is 5.53. The first-order chi connectivity index (χ1) is 13.1. The minimum atomic E-state index is -4.50. The van der Waals surface area contributed by atoms with Crippen molar-refractivity contribution in [2.24, 2.45) is 0 Å². The van der Waals surface area contributed by atoms with Gasteiger partial charge in [-0.2, -0.15) is 13.2 Å². The number of nitrogens with one attached hydrogen (secondary N) is 2. The molecule has 0 atom stereocenters. The molecule has 0 aromatic heterocycles. The van der Waals surface area contributed by atoms with E-state index in [4.69, 9.17) is 21.1 Å². The van der Waals surface area contributed by atoms with Gasteiger partial charge in [-0.05, 0) is 36.4 Å². The minimum absolute atomic E-state index is 0.0245. The Labute approximate surface area is 163 Å². The lowest BCUT2D eigenvalue weighted by Gasteiger charge is -2.12. The number of carbonyl (C=O) groups is 2. The molecule has 0 bridgehead atoms. The third-order valence-electron chi connectivity index (χ3n) is 3.55. The van der Waals surface area contributed by atoms with E-state index in [1.807, 2.05) is 0 Å². The number of carbonyl (C=O) groups excluding carboxylic acids is 2. The zero-order valence-corrected chi connectivity index (χ0v) is 15.6. The van der Waals surface area contributed by atoms with E-state index in [0.29, 0.717) is 5.69 Å². The van der Waals surface area contributed by atoms with Gasteiger partial charge in [0, 0.05) is 16.8 Å². The van der Waals surface area contributed by atoms with Crippen LogP contribution in [0.5, 0.6) is 11.5 Å². The normalized spacial score (nSPS) is 10.9. The molecule has 2 amide bonds. The van der Waals surface area contributed by atoms with Gasteiger partial charge >= 0.3 is 6.18 Å². The van der Waals surface area contributed by atoms with E-state index >= 15 is 0 Å². The zero-order valence-electron chi connectivity index (χ0n) is 14.8. The van der Waals surface area contributed by atoms with Crippen LogP contribution in [0.25, 0.3) is 0 Å². The fourth-order valence-corrected chi connectivity index (χ4v) is 2.53. The number of hydrogen-bond donors (Lipinski definition) is 2. The fourth-order valence-electron chi connectivity index (χ4n) is 2.24. The largest absolute Gasteiger partial charge is 0.493 e. The van der Waals surface area contributed by atoms with E-state index in [2.05, 4.69) is 5.32 Å². The highest BCUT2D eigenvalue weighted by atomic mass is 35.5. The maximum Gasteiger partial charge on any atom is 0.405 e. The van der Waals surface area contributed by atoms with E-state index in [9.17, 15) is 22.8 Å². The summed E-state index contributed by atoms with van der Waals surface area (Å²) in [6.07, 6.45) is -4.50. The molecule has 0 aliphatic heterocycles. The van der Waals surface area contributed by atoms with Gasteiger partial charge in [0.05, 0.1) is 19.2 Å². The van der Waals surface area contributed by atoms with Gasteiger partial charge in [-0.25, -0.2) is 0 Å². The van der Waals surface area contributed by atoms with Crippen molar-refractivity contribution >= 4 is 29.1 Å². The summed E-state index contributed by atoms with van der Waals surface area (Å²) in [5, 5.41) is 4.54. The number of hydrogen-bond acceptors (Lipinski definition) is 4. The van der Waals surface area contributed by atoms with Crippen LogP contribution in [0.15, 0.2) is 36.4 Å². The summed E-state index contributed by atoms with van der Waals surface area (Å²) in [5.74, 6) is -0.814. The molecule has 0 heterocycles. The molecule has 28 heavy (non-hydrogen) atoms. The van der Waals surface area contributed by atoms with E-state index in [1.54, 1.807) is 5.32 Å². The van der Waals surface area contributed by atoms with Gasteiger partial charge in [-0.3, -0.25) is 9.59 Å². The van der Waals surface area contributed by atoms with Crippen LogP contribution in [0, 0.1) is 0 Å². The summed E-state index contributed by atoms with van der Waals surface area (Å²) < 4.78 is 46.7. The molecule has 0 saturated carbocycles. The first-order valence-electron chi connectivity index (χ1n) is 7.82. The first kappa shape index (κ1) is 21.4. The van der Waals surface area contributed by atoms with Gasteiger partial charge in [-0.15, -0.1) is 0 Å². The van der Waals surface area contributed by atoms with E-state index in [1.165, 1.54) is 50.6 Å². The monoisotopic (exact) mass is 416 g/mol. The molecular formula is C18H16ClF3N2O4. The predicted molar refractivity (Wildman–Crippen MR) is 97.3 cm³/mol. The highest BCUT2D eigenvalue weighted by Gasteiger charge is 2.27. The van der Waals surface area contributed by atoms with Gasteiger partial charge < -0.3 is 20.1 Å². The molecule has 0 radical (unpaired) electrons. The van der Waals surface area contributed by atoms with Gasteiger partial charge in [0.2, 0.25) is 0 Å². The standard InChI is InChI=1S/C18H16ClF3N2O4/c1-27-14-8-11(7-13(19)15(14)28-2)17(26)24-12-5-3-10(4-6-12)16(25)23-9-18(20,21)22/h3-8H,9H2,1-2H3,(H,23,25)(H,24,26). The Balaban J connectivity index is 2.09. The third-order valence-corrected chi connectivity index (χ3v) is 3.83. The Morgan fingerprint density at radius 2 is 1.64 bits per heavy atom. The summed E-state index contributed by atoms with van der Waals surface area (Å²) in [7, 11) is 2.81. The predicted octanol–water partition coefficient (Wildman–Crippen LogP) is 3.90. The van der Waals surface area contributed by atoms with Crippen molar-refractivity contribution in [3.63, 3.8) is 0 Å². The van der Waals surface area contributed by atoms with Crippen LogP contribution in [-0.2, 0) is 0 Å². The van der Waals surface area contributed by atoms with Crippen molar-refractivity contribution in [1.29, 1.82) is 0 Å². The Bertz CT molecular complexity index is 870. The molecule has 2 rings (SSSR count). The van der Waals surface area contributed by atoms with Crippen LogP contribution in [0.4, 0.5) is 18.9 Å². The number of methoxy groups -OCH3 is 2. The van der Waals surface area contributed by atoms with Crippen molar-refractivity contribution in [1.82, 2.24) is 5.32 Å². The summed E-state index contributed by atoms with van der Waals surface area (Å²) in [5.41, 5.74) is 0.564. The number of alkyl halides is 3. The molecule has 0 aliphatic rings. The molecule has 2 aromatic rings. The van der Waals surface area contributed by atoms with Crippen LogP contribution in [0.2, 0.25) is 5.02 Å². The van der Waals surface area contributed by atoms with Crippen LogP contribution >= 0.6 is 11.6 Å². The number of anilines is 1. The second-order valence-corrected chi connectivity index (χ2v) is 5.93. The highest BCUT2D eigenvalue weighted by molar-refractivity contribution is 6.32. The molecule has 2 aromatic carbocycles. The topological polar surface area (TPSA) is 76.7 Å². The molecule has 150 valence electrons. The molecule has 0 fully saturated rings. The second kappa shape index (κ2) is 8.83. The highest BCUT2D eigenvalue weighted by Crippen LogP contribution is 2.36. The van der Waals surface area contributed by atoms with Gasteiger partial charge in [0.25, 0.3) is 11.8 Å². The number of amides is 2. The summed E-state index contributed by atoms with van der Waals surface area (Å²) in [6, 6.07) is 8.22. The number of halogens is 4. The van der Waals surface area contributed by atoms with Crippen LogP contribution in [-0.4, -0.2) is 38.8 Å². The summed E-state index contributed by atoms with van der Waals surface area (Å²) in [4.78, 5) is 24.1. The smallest absolute Gasteiger partial charge is 0.405 e. The SMILES string of the molecule is COc1cc(C(=O)Nc2ccc(C(=O)NCC(F)(F)F)cc2)cc(Cl)c1OC. The number of ether oxygens (including phenoxy) is 2.